The summed E-state index contributed by atoms with van der Waals surface area (Å²) in [5.41, 5.74) is 7.56. The van der Waals surface area contributed by atoms with E-state index >= 15 is 0 Å². The van der Waals surface area contributed by atoms with Crippen molar-refractivity contribution in [3.8, 4) is 0 Å². The molecule has 1 unspecified atom stereocenters. The summed E-state index contributed by atoms with van der Waals surface area (Å²) in [5, 5.41) is 7.39. The van der Waals surface area contributed by atoms with Crippen LogP contribution in [0.2, 0.25) is 0 Å². The van der Waals surface area contributed by atoms with Crippen LogP contribution in [0.3, 0.4) is 0 Å². The Labute approximate surface area is 258 Å². The molecular formula is C41H34P2. The van der Waals surface area contributed by atoms with Crippen LogP contribution in [0.5, 0.6) is 0 Å². The summed E-state index contributed by atoms with van der Waals surface area (Å²) in [5.74, 6) is 0. The quantitative estimate of drug-likeness (QED) is 0.175. The van der Waals surface area contributed by atoms with E-state index in [2.05, 4.69) is 158 Å². The van der Waals surface area contributed by atoms with E-state index in [4.69, 9.17) is 0 Å². The van der Waals surface area contributed by atoms with Crippen molar-refractivity contribution < 1.29 is 0 Å². The first-order chi connectivity index (χ1) is 21.3. The van der Waals surface area contributed by atoms with Crippen molar-refractivity contribution in [2.75, 3.05) is 0 Å². The van der Waals surface area contributed by atoms with Gasteiger partial charge in [-0.2, -0.15) is 0 Å². The standard InChI is InChI=1S/C41H34P2/c1-5-13-35(14-6-1)42(36-15-7-2-8-16-36)40-28-32-23-25-33(40)24-21-31-22-26-34-30-41(29-32,39(34)27-31)43(37-17-9-3-10-18-37)38-19-11-4-12-20-38/h1-20,22-23,25-28H,21,24,29-30H2. The number of rotatable bonds is 6. The normalized spacial score (nSPS) is 17.0. The highest BCUT2D eigenvalue weighted by molar-refractivity contribution is 7.80. The van der Waals surface area contributed by atoms with Gasteiger partial charge in [-0.05, 0) is 95.9 Å². The Balaban J connectivity index is 1.34. The molecule has 0 aromatic heterocycles. The van der Waals surface area contributed by atoms with Gasteiger partial charge in [-0.15, -0.1) is 0 Å². The summed E-state index contributed by atoms with van der Waals surface area (Å²) in [6.07, 6.45) is 4.31. The second kappa shape index (κ2) is 11.4. The van der Waals surface area contributed by atoms with Gasteiger partial charge in [0.2, 0.25) is 0 Å². The molecular weight excluding hydrogens is 554 g/mol. The van der Waals surface area contributed by atoms with Crippen LogP contribution in [0.15, 0.2) is 158 Å². The molecule has 0 saturated carbocycles. The van der Waals surface area contributed by atoms with Gasteiger partial charge in [0.05, 0.1) is 0 Å². The van der Waals surface area contributed by atoms with Crippen LogP contribution >= 0.6 is 15.8 Å². The zero-order valence-corrected chi connectivity index (χ0v) is 26.0. The predicted octanol–water partition coefficient (Wildman–Crippen LogP) is 7.67. The molecule has 6 aromatic rings. The first kappa shape index (κ1) is 26.8. The lowest BCUT2D eigenvalue weighted by Crippen LogP contribution is -2.44. The maximum atomic E-state index is 2.61. The molecule has 43 heavy (non-hydrogen) atoms. The zero-order chi connectivity index (χ0) is 28.6. The van der Waals surface area contributed by atoms with Gasteiger partial charge in [0.15, 0.2) is 0 Å². The van der Waals surface area contributed by atoms with E-state index < -0.39 is 15.8 Å². The third-order valence-corrected chi connectivity index (χ3v) is 14.8. The van der Waals surface area contributed by atoms with Gasteiger partial charge in [-0.3, -0.25) is 0 Å². The van der Waals surface area contributed by atoms with E-state index in [9.17, 15) is 0 Å². The van der Waals surface area contributed by atoms with Gasteiger partial charge in [-0.1, -0.05) is 158 Å². The lowest BCUT2D eigenvalue weighted by molar-refractivity contribution is 0.534. The highest BCUT2D eigenvalue weighted by Gasteiger charge is 2.50. The smallest absolute Gasteiger partial charge is 0.0318 e. The van der Waals surface area contributed by atoms with Crippen molar-refractivity contribution in [1.29, 1.82) is 0 Å². The number of benzene rings is 6. The zero-order valence-electron chi connectivity index (χ0n) is 24.2. The first-order valence-electron chi connectivity index (χ1n) is 15.3. The topological polar surface area (TPSA) is 0 Å². The van der Waals surface area contributed by atoms with E-state index in [0.29, 0.717) is 0 Å². The number of hydrogen-bond acceptors (Lipinski definition) is 0. The highest BCUT2D eigenvalue weighted by atomic mass is 31.1. The summed E-state index contributed by atoms with van der Waals surface area (Å²) in [7, 11) is -1.30. The lowest BCUT2D eigenvalue weighted by atomic mass is 9.72. The monoisotopic (exact) mass is 588 g/mol. The molecule has 0 nitrogen and oxygen atoms in total. The Hall–Kier alpha value is -3.82. The fraction of sp³-hybridized carbons (Fsp3) is 0.122. The molecule has 3 aliphatic carbocycles. The maximum absolute atomic E-state index is 2.61. The van der Waals surface area contributed by atoms with E-state index in [1.807, 2.05) is 0 Å². The van der Waals surface area contributed by atoms with Crippen LogP contribution in [0.1, 0.15) is 27.8 Å². The Morgan fingerprint density at radius 1 is 0.419 bits per heavy atom. The molecule has 0 spiro atoms. The van der Waals surface area contributed by atoms with Crippen LogP contribution in [-0.2, 0) is 30.8 Å². The molecule has 0 saturated heterocycles. The van der Waals surface area contributed by atoms with Gasteiger partial charge in [0.1, 0.15) is 0 Å². The molecule has 4 bridgehead atoms. The molecule has 0 radical (unpaired) electrons. The van der Waals surface area contributed by atoms with E-state index in [0.717, 1.165) is 25.7 Å². The van der Waals surface area contributed by atoms with Crippen molar-refractivity contribution in [2.45, 2.75) is 30.8 Å². The van der Waals surface area contributed by atoms with Crippen molar-refractivity contribution in [1.82, 2.24) is 0 Å². The summed E-state index contributed by atoms with van der Waals surface area (Å²) >= 11 is 0. The molecule has 2 heteroatoms. The van der Waals surface area contributed by atoms with Crippen LogP contribution in [0, 0.1) is 0 Å². The lowest BCUT2D eigenvalue weighted by Gasteiger charge is -2.50. The molecule has 0 fully saturated rings. The fourth-order valence-electron chi connectivity index (χ4n) is 7.24. The van der Waals surface area contributed by atoms with Crippen LogP contribution in [0.4, 0.5) is 0 Å². The Bertz CT molecular complexity index is 1790. The van der Waals surface area contributed by atoms with Crippen LogP contribution in [0.25, 0.3) is 0 Å². The van der Waals surface area contributed by atoms with Crippen molar-refractivity contribution in [2.24, 2.45) is 0 Å². The van der Waals surface area contributed by atoms with Crippen molar-refractivity contribution >= 4 is 42.4 Å². The fourth-order valence-corrected chi connectivity index (χ4v) is 13.1. The molecule has 0 amide bonds. The molecule has 208 valence electrons. The molecule has 6 aromatic carbocycles. The predicted molar refractivity (Wildman–Crippen MR) is 187 cm³/mol. The number of hydrogen-bond donors (Lipinski definition) is 0. The minimum atomic E-state index is -0.669. The average molecular weight is 589 g/mol. The Morgan fingerprint density at radius 2 is 0.930 bits per heavy atom. The van der Waals surface area contributed by atoms with Gasteiger partial charge in [0.25, 0.3) is 0 Å². The third kappa shape index (κ3) is 4.88. The molecule has 1 atom stereocenters. The molecule has 0 N–H and O–H groups in total. The second-order valence-electron chi connectivity index (χ2n) is 11.9. The minimum Gasteiger partial charge on any atom is -0.0622 e. The molecule has 9 rings (SSSR count). The summed E-state index contributed by atoms with van der Waals surface area (Å²) in [6.45, 7) is 0. The maximum Gasteiger partial charge on any atom is 0.0318 e. The summed E-state index contributed by atoms with van der Waals surface area (Å²) in [6, 6.07) is 60.1. The average Bonchev–Trinajstić information content (AvgIpc) is 3.07. The van der Waals surface area contributed by atoms with E-state index in [1.165, 1.54) is 48.8 Å². The largest absolute Gasteiger partial charge is 0.0622 e. The first-order valence-corrected chi connectivity index (χ1v) is 18.0. The highest BCUT2D eigenvalue weighted by Crippen LogP contribution is 2.64. The third-order valence-electron chi connectivity index (χ3n) is 9.21. The minimum absolute atomic E-state index is 0.0642. The number of fused-ring (bicyclic) bond motifs is 3. The summed E-state index contributed by atoms with van der Waals surface area (Å²) in [4.78, 5) is 0. The second-order valence-corrected chi connectivity index (χ2v) is 16.6. The molecule has 0 heterocycles. The van der Waals surface area contributed by atoms with Gasteiger partial charge < -0.3 is 0 Å². The SMILES string of the molecule is c1ccc(P(c2ccccc2)c2cc3ccc2CCc2ccc4c(c2)C(P(c2ccccc2)c2ccccc2)(C3)C4)cc1. The van der Waals surface area contributed by atoms with Gasteiger partial charge in [-0.25, -0.2) is 0 Å². The molecule has 3 aliphatic rings. The van der Waals surface area contributed by atoms with E-state index in [1.54, 1.807) is 5.56 Å². The Morgan fingerprint density at radius 3 is 1.51 bits per heavy atom. The van der Waals surface area contributed by atoms with Crippen molar-refractivity contribution in [3.63, 3.8) is 0 Å². The van der Waals surface area contributed by atoms with Gasteiger partial charge in [0, 0.05) is 5.16 Å². The van der Waals surface area contributed by atoms with Gasteiger partial charge >= 0.3 is 0 Å². The molecule has 0 aliphatic heterocycles. The Kier molecular flexibility index (Phi) is 7.07. The van der Waals surface area contributed by atoms with Crippen molar-refractivity contribution in [3.05, 3.63) is 186 Å². The van der Waals surface area contributed by atoms with Crippen LogP contribution in [-0.4, -0.2) is 0 Å². The summed E-state index contributed by atoms with van der Waals surface area (Å²) < 4.78 is 0. The number of aryl methyl sites for hydroxylation is 2. The van der Waals surface area contributed by atoms with E-state index in [-0.39, 0.29) is 5.16 Å². The van der Waals surface area contributed by atoms with Crippen LogP contribution < -0.4 is 26.5 Å².